The van der Waals surface area contributed by atoms with Crippen LogP contribution < -0.4 is 5.48 Å². The van der Waals surface area contributed by atoms with E-state index >= 15 is 0 Å². The maximum atomic E-state index is 11.6. The summed E-state index contributed by atoms with van der Waals surface area (Å²) in [5.74, 6) is -0.586. The molecule has 1 aromatic heterocycles. The molecule has 0 radical (unpaired) electrons. The van der Waals surface area contributed by atoms with Crippen LogP contribution in [0.1, 0.15) is 10.4 Å². The Kier molecular flexibility index (Phi) is 2.78. The van der Waals surface area contributed by atoms with Crippen LogP contribution in [0.15, 0.2) is 59.4 Å². The topological polar surface area (TPSA) is 62.5 Å². The highest BCUT2D eigenvalue weighted by atomic mass is 16.5. The molecule has 19 heavy (non-hydrogen) atoms. The Balaban J connectivity index is 2.26. The molecule has 0 aliphatic carbocycles. The van der Waals surface area contributed by atoms with Crippen LogP contribution in [-0.2, 0) is 0 Å². The number of nitrogens with one attached hydrogen (secondary N) is 1. The predicted molar refractivity (Wildman–Crippen MR) is 70.9 cm³/mol. The Bertz CT molecular complexity index is 740. The standard InChI is InChI=1S/C15H11NO3/c17-15(16-18)14-9-19-8-13(14)12-7-3-5-10-4-1-2-6-11(10)12/h1-9,18H,(H,16,17). The fourth-order valence-electron chi connectivity index (χ4n) is 2.20. The van der Waals surface area contributed by atoms with Crippen molar-refractivity contribution < 1.29 is 14.4 Å². The molecule has 0 aliphatic rings. The first-order valence-corrected chi connectivity index (χ1v) is 5.80. The first-order chi connectivity index (χ1) is 9.31. The van der Waals surface area contributed by atoms with Crippen molar-refractivity contribution in [2.75, 3.05) is 0 Å². The lowest BCUT2D eigenvalue weighted by Gasteiger charge is -2.06. The number of carbonyl (C=O) groups is 1. The molecule has 0 bridgehead atoms. The molecule has 3 aromatic rings. The molecule has 4 nitrogen and oxygen atoms in total. The van der Waals surface area contributed by atoms with Crippen molar-refractivity contribution in [3.63, 3.8) is 0 Å². The van der Waals surface area contributed by atoms with Gasteiger partial charge in [0, 0.05) is 5.56 Å². The molecule has 1 heterocycles. The highest BCUT2D eigenvalue weighted by Gasteiger charge is 2.16. The third-order valence-electron chi connectivity index (χ3n) is 3.09. The highest BCUT2D eigenvalue weighted by molar-refractivity contribution is 6.05. The largest absolute Gasteiger partial charge is 0.471 e. The van der Waals surface area contributed by atoms with E-state index in [1.54, 1.807) is 5.48 Å². The van der Waals surface area contributed by atoms with Gasteiger partial charge in [0.25, 0.3) is 5.91 Å². The molecular formula is C15H11NO3. The van der Waals surface area contributed by atoms with Crippen LogP contribution in [0, 0.1) is 0 Å². The summed E-state index contributed by atoms with van der Waals surface area (Å²) in [5.41, 5.74) is 3.48. The smallest absolute Gasteiger partial charge is 0.278 e. The van der Waals surface area contributed by atoms with E-state index in [0.29, 0.717) is 11.1 Å². The van der Waals surface area contributed by atoms with E-state index < -0.39 is 5.91 Å². The van der Waals surface area contributed by atoms with Gasteiger partial charge in [0.1, 0.15) is 6.26 Å². The van der Waals surface area contributed by atoms with Gasteiger partial charge < -0.3 is 4.42 Å². The summed E-state index contributed by atoms with van der Waals surface area (Å²) in [7, 11) is 0. The molecule has 94 valence electrons. The van der Waals surface area contributed by atoms with Gasteiger partial charge in [-0.2, -0.15) is 0 Å². The summed E-state index contributed by atoms with van der Waals surface area (Å²) in [6.45, 7) is 0. The van der Waals surface area contributed by atoms with Gasteiger partial charge in [-0.3, -0.25) is 10.0 Å². The first-order valence-electron chi connectivity index (χ1n) is 5.80. The van der Waals surface area contributed by atoms with Gasteiger partial charge in [0.15, 0.2) is 0 Å². The van der Waals surface area contributed by atoms with Crippen LogP contribution in [0.4, 0.5) is 0 Å². The van der Waals surface area contributed by atoms with Crippen molar-refractivity contribution in [2.24, 2.45) is 0 Å². The van der Waals surface area contributed by atoms with Gasteiger partial charge in [0.2, 0.25) is 0 Å². The Labute approximate surface area is 109 Å². The lowest BCUT2D eigenvalue weighted by Crippen LogP contribution is -2.18. The Morgan fingerprint density at radius 1 is 1.00 bits per heavy atom. The van der Waals surface area contributed by atoms with E-state index in [1.165, 1.54) is 12.5 Å². The van der Waals surface area contributed by atoms with Crippen molar-refractivity contribution in [2.45, 2.75) is 0 Å². The number of rotatable bonds is 2. The molecule has 0 saturated heterocycles. The van der Waals surface area contributed by atoms with Gasteiger partial charge in [-0.1, -0.05) is 42.5 Å². The van der Waals surface area contributed by atoms with Crippen molar-refractivity contribution in [3.8, 4) is 11.1 Å². The van der Waals surface area contributed by atoms with Crippen molar-refractivity contribution in [1.29, 1.82) is 0 Å². The Hall–Kier alpha value is -2.59. The summed E-state index contributed by atoms with van der Waals surface area (Å²) >= 11 is 0. The average Bonchev–Trinajstić information content (AvgIpc) is 2.95. The molecule has 0 saturated carbocycles. The lowest BCUT2D eigenvalue weighted by atomic mass is 9.97. The van der Waals surface area contributed by atoms with Gasteiger partial charge >= 0.3 is 0 Å². The normalized spacial score (nSPS) is 10.6. The molecule has 2 aromatic carbocycles. The van der Waals surface area contributed by atoms with Crippen LogP contribution in [0.3, 0.4) is 0 Å². The van der Waals surface area contributed by atoms with Gasteiger partial charge in [-0.15, -0.1) is 0 Å². The van der Waals surface area contributed by atoms with Gasteiger partial charge in [-0.25, -0.2) is 5.48 Å². The fraction of sp³-hybridized carbons (Fsp3) is 0. The zero-order chi connectivity index (χ0) is 13.2. The van der Waals surface area contributed by atoms with Crippen LogP contribution in [0.25, 0.3) is 21.9 Å². The second-order valence-corrected chi connectivity index (χ2v) is 4.17. The van der Waals surface area contributed by atoms with E-state index in [2.05, 4.69) is 0 Å². The van der Waals surface area contributed by atoms with Crippen molar-refractivity contribution in [3.05, 3.63) is 60.6 Å². The zero-order valence-electron chi connectivity index (χ0n) is 9.96. The van der Waals surface area contributed by atoms with Crippen molar-refractivity contribution >= 4 is 16.7 Å². The quantitative estimate of drug-likeness (QED) is 0.544. The van der Waals surface area contributed by atoms with Crippen LogP contribution >= 0.6 is 0 Å². The third-order valence-corrected chi connectivity index (χ3v) is 3.09. The van der Waals surface area contributed by atoms with Gasteiger partial charge in [-0.05, 0) is 16.3 Å². The Morgan fingerprint density at radius 3 is 2.63 bits per heavy atom. The third kappa shape index (κ3) is 1.88. The predicted octanol–water partition coefficient (Wildman–Crippen LogP) is 3.22. The highest BCUT2D eigenvalue weighted by Crippen LogP contribution is 2.31. The molecule has 0 aliphatic heterocycles. The second kappa shape index (κ2) is 4.59. The monoisotopic (exact) mass is 253 g/mol. The summed E-state index contributed by atoms with van der Waals surface area (Å²) in [6.07, 6.45) is 2.83. The minimum absolute atomic E-state index is 0.304. The summed E-state index contributed by atoms with van der Waals surface area (Å²) in [6, 6.07) is 13.7. The molecule has 1 amide bonds. The van der Waals surface area contributed by atoms with Crippen LogP contribution in [0.5, 0.6) is 0 Å². The summed E-state index contributed by atoms with van der Waals surface area (Å²) in [5, 5.41) is 10.9. The fourth-order valence-corrected chi connectivity index (χ4v) is 2.20. The molecule has 0 atom stereocenters. The van der Waals surface area contributed by atoms with Crippen LogP contribution in [0.2, 0.25) is 0 Å². The minimum atomic E-state index is -0.586. The molecule has 0 unspecified atom stereocenters. The first kappa shape index (κ1) is 11.5. The average molecular weight is 253 g/mol. The zero-order valence-corrected chi connectivity index (χ0v) is 9.96. The summed E-state index contributed by atoms with van der Waals surface area (Å²) in [4.78, 5) is 11.6. The number of amides is 1. The van der Waals surface area contributed by atoms with E-state index in [-0.39, 0.29) is 0 Å². The molecule has 3 rings (SSSR count). The number of hydrogen-bond donors (Lipinski definition) is 2. The SMILES string of the molecule is O=C(NO)c1cocc1-c1cccc2ccccc12. The van der Waals surface area contributed by atoms with E-state index in [1.807, 2.05) is 42.5 Å². The number of hydroxylamine groups is 1. The second-order valence-electron chi connectivity index (χ2n) is 4.17. The summed E-state index contributed by atoms with van der Waals surface area (Å²) < 4.78 is 5.10. The Morgan fingerprint density at radius 2 is 1.79 bits per heavy atom. The number of carbonyl (C=O) groups excluding carboxylic acids is 1. The van der Waals surface area contributed by atoms with E-state index in [4.69, 9.17) is 9.62 Å². The van der Waals surface area contributed by atoms with Crippen LogP contribution in [-0.4, -0.2) is 11.1 Å². The number of furan rings is 1. The number of benzene rings is 2. The van der Waals surface area contributed by atoms with E-state index in [0.717, 1.165) is 16.3 Å². The molecule has 0 fully saturated rings. The molecule has 0 spiro atoms. The number of hydrogen-bond acceptors (Lipinski definition) is 3. The maximum absolute atomic E-state index is 11.6. The lowest BCUT2D eigenvalue weighted by molar-refractivity contribution is 0.0706. The molecule has 2 N–H and O–H groups in total. The van der Waals surface area contributed by atoms with Crippen molar-refractivity contribution in [1.82, 2.24) is 5.48 Å². The number of fused-ring (bicyclic) bond motifs is 1. The molecular weight excluding hydrogens is 242 g/mol. The van der Waals surface area contributed by atoms with Gasteiger partial charge in [0.05, 0.1) is 11.8 Å². The maximum Gasteiger partial charge on any atom is 0.278 e. The van der Waals surface area contributed by atoms with E-state index in [9.17, 15) is 4.79 Å². The minimum Gasteiger partial charge on any atom is -0.471 e. The molecule has 4 heteroatoms.